The number of carbonyl (C=O) groups excluding carboxylic acids is 1. The van der Waals surface area contributed by atoms with Gasteiger partial charge in [0.1, 0.15) is 6.29 Å². The molecule has 3 nitrogen and oxygen atoms in total. The third-order valence-corrected chi connectivity index (χ3v) is 6.32. The lowest BCUT2D eigenvalue weighted by molar-refractivity contribution is -0.108. The first-order valence-corrected chi connectivity index (χ1v) is 8.48. The maximum absolute atomic E-state index is 12.6. The molecular formula is C16H13ClO3S. The lowest BCUT2D eigenvalue weighted by Gasteiger charge is -2.04. The number of sulfone groups is 1. The summed E-state index contributed by atoms with van der Waals surface area (Å²) < 4.78 is 25.3. The van der Waals surface area contributed by atoms with Crippen LogP contribution in [0.1, 0.15) is 11.5 Å². The van der Waals surface area contributed by atoms with Gasteiger partial charge in [0.25, 0.3) is 0 Å². The number of carbonyl (C=O) groups is 1. The van der Waals surface area contributed by atoms with Crippen molar-refractivity contribution in [3.8, 4) is 0 Å². The molecule has 0 N–H and O–H groups in total. The van der Waals surface area contributed by atoms with E-state index in [-0.39, 0.29) is 10.8 Å². The Balaban J connectivity index is 1.98. The minimum atomic E-state index is -3.51. The van der Waals surface area contributed by atoms with Gasteiger partial charge in [-0.3, -0.25) is 0 Å². The molecule has 108 valence electrons. The number of hydrogen-bond donors (Lipinski definition) is 0. The van der Waals surface area contributed by atoms with E-state index in [1.54, 1.807) is 48.5 Å². The van der Waals surface area contributed by atoms with Crippen LogP contribution < -0.4 is 0 Å². The average Bonchev–Trinajstić information content (AvgIpc) is 3.23. The second kappa shape index (κ2) is 5.28. The van der Waals surface area contributed by atoms with Crippen LogP contribution in [-0.4, -0.2) is 20.0 Å². The highest BCUT2D eigenvalue weighted by atomic mass is 35.5. The molecule has 0 saturated heterocycles. The lowest BCUT2D eigenvalue weighted by atomic mass is 10.1. The summed E-state index contributed by atoms with van der Waals surface area (Å²) in [6.07, 6.45) is 0.733. The number of hydrogen-bond acceptors (Lipinski definition) is 3. The Morgan fingerprint density at radius 3 is 2.33 bits per heavy atom. The van der Waals surface area contributed by atoms with E-state index < -0.39 is 21.0 Å². The first kappa shape index (κ1) is 14.3. The second-order valence-electron chi connectivity index (χ2n) is 5.12. The summed E-state index contributed by atoms with van der Waals surface area (Å²) in [6, 6.07) is 15.3. The smallest absolute Gasteiger partial charge is 0.182 e. The van der Waals surface area contributed by atoms with Gasteiger partial charge >= 0.3 is 0 Å². The van der Waals surface area contributed by atoms with Crippen molar-refractivity contribution >= 4 is 27.7 Å². The van der Waals surface area contributed by atoms with Crippen molar-refractivity contribution in [2.24, 2.45) is 5.92 Å². The highest BCUT2D eigenvalue weighted by molar-refractivity contribution is 7.92. The minimum Gasteiger partial charge on any atom is -0.303 e. The van der Waals surface area contributed by atoms with Gasteiger partial charge < -0.3 is 4.79 Å². The topological polar surface area (TPSA) is 51.2 Å². The predicted molar refractivity (Wildman–Crippen MR) is 81.2 cm³/mol. The van der Waals surface area contributed by atoms with E-state index in [1.165, 1.54) is 0 Å². The van der Waals surface area contributed by atoms with Crippen LogP contribution in [0.4, 0.5) is 0 Å². The predicted octanol–water partition coefficient (Wildman–Crippen LogP) is 3.09. The maximum Gasteiger partial charge on any atom is 0.182 e. The maximum atomic E-state index is 12.6. The van der Waals surface area contributed by atoms with Crippen LogP contribution in [0.2, 0.25) is 5.02 Å². The summed E-state index contributed by atoms with van der Waals surface area (Å²) in [7, 11) is -3.51. The van der Waals surface area contributed by atoms with Crippen LogP contribution in [0.5, 0.6) is 0 Å². The molecule has 0 amide bonds. The highest BCUT2D eigenvalue weighted by Crippen LogP contribution is 2.53. The third kappa shape index (κ3) is 2.49. The van der Waals surface area contributed by atoms with Gasteiger partial charge in [0.05, 0.1) is 10.1 Å². The van der Waals surface area contributed by atoms with E-state index in [1.807, 2.05) is 6.07 Å². The van der Waals surface area contributed by atoms with E-state index in [4.69, 9.17) is 11.6 Å². The molecule has 1 aliphatic rings. The first-order valence-electron chi connectivity index (χ1n) is 6.55. The second-order valence-corrected chi connectivity index (χ2v) is 7.66. The zero-order chi connectivity index (χ0) is 15.0. The number of halogens is 1. The third-order valence-electron chi connectivity index (χ3n) is 3.83. The van der Waals surface area contributed by atoms with Crippen molar-refractivity contribution in [1.29, 1.82) is 0 Å². The summed E-state index contributed by atoms with van der Waals surface area (Å²) in [6.45, 7) is 0. The Hall–Kier alpha value is -1.65. The van der Waals surface area contributed by atoms with Crippen LogP contribution in [-0.2, 0) is 14.6 Å². The van der Waals surface area contributed by atoms with Gasteiger partial charge in [-0.25, -0.2) is 8.42 Å². The molecule has 2 aromatic carbocycles. The molecule has 0 radical (unpaired) electrons. The molecule has 2 aromatic rings. The molecule has 5 heteroatoms. The summed E-state index contributed by atoms with van der Waals surface area (Å²) in [5.74, 6) is -0.819. The highest BCUT2D eigenvalue weighted by Gasteiger charge is 2.59. The van der Waals surface area contributed by atoms with E-state index in [9.17, 15) is 13.2 Å². The summed E-state index contributed by atoms with van der Waals surface area (Å²) in [4.78, 5) is 11.5. The first-order chi connectivity index (χ1) is 10.1. The summed E-state index contributed by atoms with van der Waals surface area (Å²) in [5, 5.41) is -0.157. The van der Waals surface area contributed by atoms with E-state index in [2.05, 4.69) is 0 Å². The molecule has 0 aromatic heterocycles. The molecule has 3 atom stereocenters. The van der Waals surface area contributed by atoms with Gasteiger partial charge in [-0.2, -0.15) is 0 Å². The molecule has 1 saturated carbocycles. The van der Waals surface area contributed by atoms with E-state index in [0.717, 1.165) is 11.8 Å². The molecule has 0 heterocycles. The van der Waals surface area contributed by atoms with Crippen molar-refractivity contribution in [1.82, 2.24) is 0 Å². The van der Waals surface area contributed by atoms with Crippen LogP contribution in [0.15, 0.2) is 59.5 Å². The zero-order valence-corrected chi connectivity index (χ0v) is 12.6. The Kier molecular flexibility index (Phi) is 3.59. The van der Waals surface area contributed by atoms with E-state index in [0.29, 0.717) is 5.02 Å². The molecule has 1 aliphatic carbocycles. The van der Waals surface area contributed by atoms with Crippen molar-refractivity contribution in [2.75, 3.05) is 0 Å². The molecule has 3 unspecified atom stereocenters. The van der Waals surface area contributed by atoms with Crippen molar-refractivity contribution < 1.29 is 13.2 Å². The average molecular weight is 321 g/mol. The fourth-order valence-corrected chi connectivity index (χ4v) is 5.09. The number of aldehydes is 1. The minimum absolute atomic E-state index is 0.256. The van der Waals surface area contributed by atoms with Gasteiger partial charge in [0.2, 0.25) is 0 Å². The van der Waals surface area contributed by atoms with Crippen LogP contribution in [0, 0.1) is 5.92 Å². The van der Waals surface area contributed by atoms with Crippen LogP contribution in [0.3, 0.4) is 0 Å². The van der Waals surface area contributed by atoms with Gasteiger partial charge in [-0.15, -0.1) is 0 Å². The van der Waals surface area contributed by atoms with Gasteiger partial charge in [0, 0.05) is 16.9 Å². The molecule has 1 fully saturated rings. The van der Waals surface area contributed by atoms with Crippen molar-refractivity contribution in [3.63, 3.8) is 0 Å². The molecule has 3 rings (SSSR count). The molecule has 0 aliphatic heterocycles. The Morgan fingerprint density at radius 2 is 1.71 bits per heavy atom. The Bertz CT molecular complexity index is 771. The quantitative estimate of drug-likeness (QED) is 0.813. The van der Waals surface area contributed by atoms with Crippen LogP contribution >= 0.6 is 11.6 Å². The lowest BCUT2D eigenvalue weighted by Crippen LogP contribution is -2.10. The monoisotopic (exact) mass is 320 g/mol. The summed E-state index contributed by atoms with van der Waals surface area (Å²) in [5.41, 5.74) is 0.795. The molecular weight excluding hydrogens is 308 g/mol. The Labute approximate surface area is 128 Å². The Morgan fingerprint density at radius 1 is 1.00 bits per heavy atom. The molecule has 0 bridgehead atoms. The standard InChI is InChI=1S/C16H13ClO3S/c17-12-6-4-5-11(9-12)15-14(10-18)16(15)21(19,20)13-7-2-1-3-8-13/h1-10,14-16H. The van der Waals surface area contributed by atoms with Crippen LogP contribution in [0.25, 0.3) is 0 Å². The fourth-order valence-electron chi connectivity index (χ4n) is 2.76. The molecule has 21 heavy (non-hydrogen) atoms. The van der Waals surface area contributed by atoms with Gasteiger partial charge in [-0.1, -0.05) is 41.9 Å². The SMILES string of the molecule is O=CC1C(c2cccc(Cl)c2)C1S(=O)(=O)c1ccccc1. The van der Waals surface area contributed by atoms with Gasteiger partial charge in [-0.05, 0) is 29.8 Å². The van der Waals surface area contributed by atoms with Gasteiger partial charge in [0.15, 0.2) is 9.84 Å². The fraction of sp³-hybridized carbons (Fsp3) is 0.188. The number of benzene rings is 2. The number of rotatable bonds is 4. The largest absolute Gasteiger partial charge is 0.303 e. The summed E-state index contributed by atoms with van der Waals surface area (Å²) >= 11 is 5.95. The van der Waals surface area contributed by atoms with Crippen molar-refractivity contribution in [3.05, 3.63) is 65.2 Å². The molecule has 0 spiro atoms. The normalized spacial score (nSPS) is 24.5. The zero-order valence-electron chi connectivity index (χ0n) is 11.0. The van der Waals surface area contributed by atoms with E-state index >= 15 is 0 Å². The van der Waals surface area contributed by atoms with Crippen molar-refractivity contribution in [2.45, 2.75) is 16.1 Å².